The smallest absolute Gasteiger partial charge is 0.339 e. The van der Waals surface area contributed by atoms with Crippen molar-refractivity contribution in [1.82, 2.24) is 0 Å². The van der Waals surface area contributed by atoms with Crippen LogP contribution in [0.4, 0.5) is 0 Å². The Morgan fingerprint density at radius 1 is 0.824 bits per heavy atom. The Morgan fingerprint density at radius 3 is 1.91 bits per heavy atom. The maximum absolute atomic E-state index is 12.8. The van der Waals surface area contributed by atoms with E-state index in [1.807, 2.05) is 13.8 Å². The third-order valence-electron chi connectivity index (χ3n) is 5.39. The fourth-order valence-corrected chi connectivity index (χ4v) is 3.64. The minimum absolute atomic E-state index is 0.0158. The molecule has 0 radical (unpaired) electrons. The highest BCUT2D eigenvalue weighted by Gasteiger charge is 2.29. The largest absolute Gasteiger partial charge is 0.465 e. The van der Waals surface area contributed by atoms with E-state index in [1.54, 1.807) is 12.1 Å². The number of carbonyl (C=O) groups is 5. The van der Waals surface area contributed by atoms with Gasteiger partial charge in [0.2, 0.25) is 10.5 Å². The lowest BCUT2D eigenvalue weighted by molar-refractivity contribution is -0.152. The van der Waals surface area contributed by atoms with Gasteiger partial charge in [0.1, 0.15) is 13.2 Å². The molecule has 3 atom stereocenters. The molecule has 0 bridgehead atoms. The molecule has 1 aromatic rings. The molecule has 0 aliphatic heterocycles. The Bertz CT molecular complexity index is 870. The molecule has 1 aromatic carbocycles. The monoisotopic (exact) mass is 516 g/mol. The topological polar surface area (TPSA) is 113 Å². The zero-order valence-electron chi connectivity index (χ0n) is 19.5. The predicted molar refractivity (Wildman–Crippen MR) is 126 cm³/mol. The molecule has 8 nitrogen and oxygen atoms in total. The van der Waals surface area contributed by atoms with E-state index in [0.717, 1.165) is 0 Å². The van der Waals surface area contributed by atoms with Crippen molar-refractivity contribution in [3.8, 4) is 0 Å². The lowest BCUT2D eigenvalue weighted by Gasteiger charge is -2.25. The van der Waals surface area contributed by atoms with E-state index in [0.29, 0.717) is 19.3 Å². The van der Waals surface area contributed by atoms with E-state index in [9.17, 15) is 24.0 Å². The number of halogens is 2. The van der Waals surface area contributed by atoms with Crippen molar-refractivity contribution in [1.29, 1.82) is 0 Å². The van der Waals surface area contributed by atoms with E-state index in [-0.39, 0.29) is 49.0 Å². The number of carbonyl (C=O) groups excluding carboxylic acids is 5. The summed E-state index contributed by atoms with van der Waals surface area (Å²) in [7, 11) is 1.21. The summed E-state index contributed by atoms with van der Waals surface area (Å²) in [6.45, 7) is 3.34. The molecule has 0 saturated heterocycles. The van der Waals surface area contributed by atoms with Gasteiger partial charge in [-0.3, -0.25) is 14.4 Å². The molecule has 1 rings (SSSR count). The third kappa shape index (κ3) is 10.7. The average molecular weight is 517 g/mol. The van der Waals surface area contributed by atoms with Gasteiger partial charge in [-0.15, -0.1) is 0 Å². The van der Waals surface area contributed by atoms with Gasteiger partial charge in [-0.25, -0.2) is 9.59 Å². The van der Waals surface area contributed by atoms with Crippen LogP contribution < -0.4 is 0 Å². The molecule has 0 aliphatic rings. The van der Waals surface area contributed by atoms with Gasteiger partial charge in [-0.1, -0.05) is 26.0 Å². The first-order chi connectivity index (χ1) is 16.1. The molecular weight excluding hydrogens is 487 g/mol. The van der Waals surface area contributed by atoms with Crippen molar-refractivity contribution in [2.24, 2.45) is 17.8 Å². The minimum atomic E-state index is -0.748. The van der Waals surface area contributed by atoms with Gasteiger partial charge in [-0.2, -0.15) is 0 Å². The van der Waals surface area contributed by atoms with E-state index in [4.69, 9.17) is 32.7 Å². The molecule has 0 fully saturated rings. The standard InChI is InChI=1S/C24H30Cl2O8/c1-15(8-10-20(25)27)14-19(16(2)9-11-21(26)28)24(31)34-13-12-33-23(30)18-7-5-4-6-17(18)22(29)32-3/h4-7,15-16,19H,8-14H2,1-3H3. The van der Waals surface area contributed by atoms with Crippen LogP contribution in [0.15, 0.2) is 24.3 Å². The minimum Gasteiger partial charge on any atom is -0.465 e. The summed E-state index contributed by atoms with van der Waals surface area (Å²) in [5.41, 5.74) is 0.111. The van der Waals surface area contributed by atoms with Gasteiger partial charge < -0.3 is 14.2 Å². The second kappa shape index (κ2) is 15.5. The molecule has 0 aliphatic carbocycles. The summed E-state index contributed by atoms with van der Waals surface area (Å²) in [6, 6.07) is 6.05. The van der Waals surface area contributed by atoms with Crippen LogP contribution in [-0.4, -0.2) is 48.7 Å². The zero-order chi connectivity index (χ0) is 25.7. The molecular formula is C24H30Cl2O8. The van der Waals surface area contributed by atoms with Gasteiger partial charge in [-0.05, 0) is 66.4 Å². The summed E-state index contributed by atoms with van der Waals surface area (Å²) in [4.78, 5) is 59.1. The van der Waals surface area contributed by atoms with Crippen LogP contribution in [0.3, 0.4) is 0 Å². The van der Waals surface area contributed by atoms with E-state index < -0.39 is 34.3 Å². The molecule has 0 heterocycles. The molecule has 0 aromatic heterocycles. The zero-order valence-corrected chi connectivity index (χ0v) is 21.0. The Labute approximate surface area is 209 Å². The lowest BCUT2D eigenvalue weighted by Crippen LogP contribution is -2.28. The first-order valence-corrected chi connectivity index (χ1v) is 11.7. The first-order valence-electron chi connectivity index (χ1n) is 10.9. The van der Waals surface area contributed by atoms with Crippen LogP contribution in [0.2, 0.25) is 0 Å². The Morgan fingerprint density at radius 2 is 1.35 bits per heavy atom. The number of ether oxygens (including phenoxy) is 3. The van der Waals surface area contributed by atoms with Crippen molar-refractivity contribution in [2.45, 2.75) is 46.0 Å². The quantitative estimate of drug-likeness (QED) is 0.144. The summed E-state index contributed by atoms with van der Waals surface area (Å²) in [5, 5.41) is -0.929. The van der Waals surface area contributed by atoms with Gasteiger partial charge in [0.15, 0.2) is 0 Å². The van der Waals surface area contributed by atoms with Crippen LogP contribution in [0.5, 0.6) is 0 Å². The second-order valence-electron chi connectivity index (χ2n) is 8.05. The van der Waals surface area contributed by atoms with Crippen molar-refractivity contribution in [3.63, 3.8) is 0 Å². The van der Waals surface area contributed by atoms with Gasteiger partial charge in [0.05, 0.1) is 24.2 Å². The number of benzene rings is 1. The summed E-state index contributed by atoms with van der Waals surface area (Å²) < 4.78 is 15.1. The second-order valence-corrected chi connectivity index (χ2v) is 8.90. The van der Waals surface area contributed by atoms with Crippen LogP contribution in [0, 0.1) is 17.8 Å². The lowest BCUT2D eigenvalue weighted by atomic mass is 9.82. The normalized spacial score (nSPS) is 13.3. The highest BCUT2D eigenvalue weighted by Crippen LogP contribution is 2.28. The van der Waals surface area contributed by atoms with Crippen LogP contribution in [0.1, 0.15) is 66.7 Å². The number of rotatable bonds is 15. The van der Waals surface area contributed by atoms with Crippen molar-refractivity contribution >= 4 is 51.6 Å². The molecule has 188 valence electrons. The van der Waals surface area contributed by atoms with Crippen molar-refractivity contribution < 1.29 is 38.2 Å². The van der Waals surface area contributed by atoms with Crippen LogP contribution >= 0.6 is 23.2 Å². The average Bonchev–Trinajstić information content (AvgIpc) is 2.81. The molecule has 3 unspecified atom stereocenters. The maximum Gasteiger partial charge on any atom is 0.339 e. The number of esters is 3. The van der Waals surface area contributed by atoms with Gasteiger partial charge in [0, 0.05) is 12.8 Å². The van der Waals surface area contributed by atoms with E-state index in [2.05, 4.69) is 4.74 Å². The fraction of sp³-hybridized carbons (Fsp3) is 0.542. The molecule has 0 N–H and O–H groups in total. The van der Waals surface area contributed by atoms with Crippen LogP contribution in [0.25, 0.3) is 0 Å². The highest BCUT2D eigenvalue weighted by molar-refractivity contribution is 6.63. The SMILES string of the molecule is COC(=O)c1ccccc1C(=O)OCCOC(=O)C(CC(C)CCC(=O)Cl)C(C)CCC(=O)Cl. The summed E-state index contributed by atoms with van der Waals surface area (Å²) in [5.74, 6) is -2.63. The predicted octanol–water partition coefficient (Wildman–Crippen LogP) is 4.54. The van der Waals surface area contributed by atoms with Crippen LogP contribution in [-0.2, 0) is 28.6 Å². The van der Waals surface area contributed by atoms with Crippen molar-refractivity contribution in [2.75, 3.05) is 20.3 Å². The molecule has 0 spiro atoms. The van der Waals surface area contributed by atoms with E-state index in [1.165, 1.54) is 19.2 Å². The number of methoxy groups -OCH3 is 1. The fourth-order valence-electron chi connectivity index (χ4n) is 3.42. The van der Waals surface area contributed by atoms with Gasteiger partial charge >= 0.3 is 17.9 Å². The molecule has 10 heteroatoms. The summed E-state index contributed by atoms with van der Waals surface area (Å²) in [6.07, 6.45) is 1.68. The Kier molecular flexibility index (Phi) is 13.4. The molecule has 0 saturated carbocycles. The number of hydrogen-bond acceptors (Lipinski definition) is 8. The Balaban J connectivity index is 2.68. The van der Waals surface area contributed by atoms with Gasteiger partial charge in [0.25, 0.3) is 0 Å². The molecule has 34 heavy (non-hydrogen) atoms. The Hall–Kier alpha value is -2.45. The van der Waals surface area contributed by atoms with Crippen molar-refractivity contribution in [3.05, 3.63) is 35.4 Å². The highest BCUT2D eigenvalue weighted by atomic mass is 35.5. The maximum atomic E-state index is 12.8. The first kappa shape index (κ1) is 29.6. The summed E-state index contributed by atoms with van der Waals surface area (Å²) >= 11 is 10.8. The number of hydrogen-bond donors (Lipinski definition) is 0. The third-order valence-corrected chi connectivity index (χ3v) is 5.77. The van der Waals surface area contributed by atoms with E-state index >= 15 is 0 Å². The molecule has 0 amide bonds.